The van der Waals surface area contributed by atoms with Crippen molar-refractivity contribution in [1.82, 2.24) is 5.32 Å². The number of benzene rings is 2. The number of nitrogens with two attached hydrogens (primary N) is 1. The van der Waals surface area contributed by atoms with Gasteiger partial charge >= 0.3 is 0 Å². The molecule has 0 aliphatic heterocycles. The van der Waals surface area contributed by atoms with Crippen LogP contribution in [0, 0.1) is 11.7 Å². The molecule has 0 bridgehead atoms. The lowest BCUT2D eigenvalue weighted by Crippen LogP contribution is -2.27. The van der Waals surface area contributed by atoms with Crippen LogP contribution >= 0.6 is 11.6 Å². The lowest BCUT2D eigenvalue weighted by molar-refractivity contribution is -0.116. The molecular formula is C19H21ClFN3O. The third-order valence-corrected chi connectivity index (χ3v) is 4.56. The Labute approximate surface area is 151 Å². The first-order valence-electron chi connectivity index (χ1n) is 8.36. The van der Waals surface area contributed by atoms with Crippen LogP contribution in [-0.2, 0) is 4.79 Å². The number of carbonyl (C=O) groups excluding carboxylic acids is 1. The number of carbonyl (C=O) groups is 1. The van der Waals surface area contributed by atoms with E-state index in [4.69, 9.17) is 17.3 Å². The van der Waals surface area contributed by atoms with E-state index < -0.39 is 5.82 Å². The van der Waals surface area contributed by atoms with Crippen molar-refractivity contribution in [1.29, 1.82) is 0 Å². The van der Waals surface area contributed by atoms with Crippen molar-refractivity contribution in [3.8, 4) is 0 Å². The summed E-state index contributed by atoms with van der Waals surface area (Å²) >= 11 is 5.95. The van der Waals surface area contributed by atoms with E-state index in [-0.39, 0.29) is 24.1 Å². The normalized spacial score (nSPS) is 15.0. The second-order valence-electron chi connectivity index (χ2n) is 6.36. The van der Waals surface area contributed by atoms with Gasteiger partial charge in [-0.25, -0.2) is 4.39 Å². The predicted molar refractivity (Wildman–Crippen MR) is 99.0 cm³/mol. The molecule has 1 atom stereocenters. The molecule has 0 heterocycles. The summed E-state index contributed by atoms with van der Waals surface area (Å²) in [7, 11) is 0. The van der Waals surface area contributed by atoms with Crippen molar-refractivity contribution in [3.63, 3.8) is 0 Å². The standard InChI is InChI=1S/C19H21ClFN3O/c20-14-5-3-13(4-6-14)19(12-1-2-12)23-10-9-18(25)24-17-11-15(22)7-8-16(17)21/h3-8,11-12,19,23H,1-2,9-10,22H2,(H,24,25)/t19-/m0/s1. The molecule has 0 aromatic heterocycles. The van der Waals surface area contributed by atoms with Crippen LogP contribution in [0.15, 0.2) is 42.5 Å². The lowest BCUT2D eigenvalue weighted by Gasteiger charge is -2.19. The van der Waals surface area contributed by atoms with E-state index >= 15 is 0 Å². The third-order valence-electron chi connectivity index (χ3n) is 4.30. The topological polar surface area (TPSA) is 67.1 Å². The van der Waals surface area contributed by atoms with Gasteiger partial charge in [-0.3, -0.25) is 4.79 Å². The maximum atomic E-state index is 13.7. The zero-order valence-corrected chi connectivity index (χ0v) is 14.5. The highest BCUT2D eigenvalue weighted by Crippen LogP contribution is 2.41. The van der Waals surface area contributed by atoms with Crippen molar-refractivity contribution in [2.24, 2.45) is 5.92 Å². The molecule has 132 valence electrons. The average molecular weight is 362 g/mol. The molecule has 1 aliphatic carbocycles. The molecule has 0 unspecified atom stereocenters. The van der Waals surface area contributed by atoms with E-state index in [1.165, 1.54) is 36.6 Å². The number of halogens is 2. The number of nitrogen functional groups attached to an aromatic ring is 1. The van der Waals surface area contributed by atoms with Gasteiger partial charge in [-0.05, 0) is 54.7 Å². The zero-order chi connectivity index (χ0) is 17.8. The van der Waals surface area contributed by atoms with Gasteiger partial charge < -0.3 is 16.4 Å². The molecule has 1 amide bonds. The van der Waals surface area contributed by atoms with Crippen LogP contribution in [0.2, 0.25) is 5.02 Å². The van der Waals surface area contributed by atoms with Crippen molar-refractivity contribution < 1.29 is 9.18 Å². The van der Waals surface area contributed by atoms with Crippen molar-refractivity contribution in [2.45, 2.75) is 25.3 Å². The first-order valence-corrected chi connectivity index (χ1v) is 8.74. The van der Waals surface area contributed by atoms with Crippen LogP contribution in [0.3, 0.4) is 0 Å². The second kappa shape index (κ2) is 7.85. The second-order valence-corrected chi connectivity index (χ2v) is 6.79. The van der Waals surface area contributed by atoms with Gasteiger partial charge in [-0.1, -0.05) is 23.7 Å². The minimum Gasteiger partial charge on any atom is -0.399 e. The largest absolute Gasteiger partial charge is 0.399 e. The summed E-state index contributed by atoms with van der Waals surface area (Å²) in [6.45, 7) is 0.513. The van der Waals surface area contributed by atoms with E-state index in [0.717, 1.165) is 0 Å². The number of nitrogens with one attached hydrogen (secondary N) is 2. The fourth-order valence-corrected chi connectivity index (χ4v) is 2.97. The molecule has 1 aliphatic rings. The Hall–Kier alpha value is -2.11. The molecule has 0 saturated heterocycles. The fraction of sp³-hybridized carbons (Fsp3) is 0.316. The quantitative estimate of drug-likeness (QED) is 0.649. The maximum absolute atomic E-state index is 13.7. The van der Waals surface area contributed by atoms with Crippen molar-refractivity contribution in [2.75, 3.05) is 17.6 Å². The van der Waals surface area contributed by atoms with Gasteiger partial charge in [0.15, 0.2) is 0 Å². The van der Waals surface area contributed by atoms with E-state index in [9.17, 15) is 9.18 Å². The van der Waals surface area contributed by atoms with Gasteiger partial charge in [0, 0.05) is 29.7 Å². The smallest absolute Gasteiger partial charge is 0.225 e. The van der Waals surface area contributed by atoms with E-state index in [1.807, 2.05) is 24.3 Å². The minimum absolute atomic E-state index is 0.112. The van der Waals surface area contributed by atoms with Gasteiger partial charge in [-0.15, -0.1) is 0 Å². The molecule has 2 aromatic carbocycles. The molecule has 25 heavy (non-hydrogen) atoms. The first kappa shape index (κ1) is 17.7. The highest BCUT2D eigenvalue weighted by atomic mass is 35.5. The molecule has 1 saturated carbocycles. The molecular weight excluding hydrogens is 341 g/mol. The third kappa shape index (κ3) is 4.94. The lowest BCUT2D eigenvalue weighted by atomic mass is 10.0. The number of rotatable bonds is 7. The first-order chi connectivity index (χ1) is 12.0. The van der Waals surface area contributed by atoms with Crippen LogP contribution < -0.4 is 16.4 Å². The summed E-state index contributed by atoms with van der Waals surface area (Å²) in [4.78, 5) is 12.0. The Bertz CT molecular complexity index is 747. The Morgan fingerprint density at radius 1 is 1.24 bits per heavy atom. The molecule has 1 fully saturated rings. The van der Waals surface area contributed by atoms with Gasteiger partial charge in [-0.2, -0.15) is 0 Å². The molecule has 3 rings (SSSR count). The Morgan fingerprint density at radius 3 is 2.64 bits per heavy atom. The maximum Gasteiger partial charge on any atom is 0.225 e. The zero-order valence-electron chi connectivity index (χ0n) is 13.8. The Kier molecular flexibility index (Phi) is 5.56. The van der Waals surface area contributed by atoms with Gasteiger partial charge in [0.05, 0.1) is 5.69 Å². The summed E-state index contributed by atoms with van der Waals surface area (Å²) in [6.07, 6.45) is 2.62. The number of anilines is 2. The number of hydrogen-bond acceptors (Lipinski definition) is 3. The molecule has 6 heteroatoms. The monoisotopic (exact) mass is 361 g/mol. The average Bonchev–Trinajstić information content (AvgIpc) is 3.41. The van der Waals surface area contributed by atoms with E-state index in [2.05, 4.69) is 10.6 Å². The molecule has 4 nitrogen and oxygen atoms in total. The van der Waals surface area contributed by atoms with Crippen molar-refractivity contribution >= 4 is 28.9 Å². The highest BCUT2D eigenvalue weighted by molar-refractivity contribution is 6.30. The van der Waals surface area contributed by atoms with Crippen LogP contribution in [0.1, 0.15) is 30.9 Å². The summed E-state index contributed by atoms with van der Waals surface area (Å²) in [6, 6.07) is 12.1. The molecule has 0 spiro atoms. The minimum atomic E-state index is -0.493. The predicted octanol–water partition coefficient (Wildman–Crippen LogP) is 4.13. The highest BCUT2D eigenvalue weighted by Gasteiger charge is 2.31. The summed E-state index contributed by atoms with van der Waals surface area (Å²) in [5, 5.41) is 6.71. The van der Waals surface area contributed by atoms with E-state index in [1.54, 1.807) is 0 Å². The summed E-state index contributed by atoms with van der Waals surface area (Å²) in [5.74, 6) is -0.147. The van der Waals surface area contributed by atoms with Gasteiger partial charge in [0.1, 0.15) is 5.82 Å². The SMILES string of the molecule is Nc1ccc(F)c(NC(=O)CCN[C@H](c2ccc(Cl)cc2)C2CC2)c1. The van der Waals surface area contributed by atoms with Gasteiger partial charge in [0.2, 0.25) is 5.91 Å². The van der Waals surface area contributed by atoms with Crippen LogP contribution in [0.5, 0.6) is 0 Å². The van der Waals surface area contributed by atoms with Crippen molar-refractivity contribution in [3.05, 3.63) is 58.9 Å². The Morgan fingerprint density at radius 2 is 1.96 bits per heavy atom. The fourth-order valence-electron chi connectivity index (χ4n) is 2.85. The van der Waals surface area contributed by atoms with Crippen LogP contribution in [0.4, 0.5) is 15.8 Å². The van der Waals surface area contributed by atoms with Crippen LogP contribution in [-0.4, -0.2) is 12.5 Å². The summed E-state index contributed by atoms with van der Waals surface area (Å²) < 4.78 is 13.7. The molecule has 2 aromatic rings. The van der Waals surface area contributed by atoms with Gasteiger partial charge in [0.25, 0.3) is 0 Å². The van der Waals surface area contributed by atoms with E-state index in [0.29, 0.717) is 23.2 Å². The summed E-state index contributed by atoms with van der Waals surface area (Å²) in [5.41, 5.74) is 7.31. The number of hydrogen-bond donors (Lipinski definition) is 3. The molecule has 0 radical (unpaired) electrons. The van der Waals surface area contributed by atoms with Crippen LogP contribution in [0.25, 0.3) is 0 Å². The number of amides is 1. The molecule has 4 N–H and O–H groups in total. The Balaban J connectivity index is 1.53.